The van der Waals surface area contributed by atoms with Crippen LogP contribution in [0.15, 0.2) is 60.8 Å². The summed E-state index contributed by atoms with van der Waals surface area (Å²) >= 11 is 0. The van der Waals surface area contributed by atoms with Gasteiger partial charge in [-0.05, 0) is 51.4 Å². The number of carbonyl (C=O) groups is 1. The summed E-state index contributed by atoms with van der Waals surface area (Å²) in [6.07, 6.45) is 63.2. The highest BCUT2D eigenvalue weighted by Crippen LogP contribution is 2.16. The molecule has 0 saturated carbocycles. The van der Waals surface area contributed by atoms with Crippen LogP contribution in [0.5, 0.6) is 0 Å². The Bertz CT molecular complexity index is 904. The maximum Gasteiger partial charge on any atom is 0.220 e. The van der Waals surface area contributed by atoms with Crippen LogP contribution in [0.2, 0.25) is 0 Å². The predicted octanol–water partition coefficient (Wildman–Crippen LogP) is 14.9. The molecule has 4 nitrogen and oxygen atoms in total. The van der Waals surface area contributed by atoms with Crippen LogP contribution in [0.1, 0.15) is 232 Å². The molecule has 3 N–H and O–H groups in total. The minimum Gasteiger partial charge on any atom is -0.394 e. The number of hydrogen-bond donors (Lipinski definition) is 3. The molecule has 0 rings (SSSR count). The molecule has 314 valence electrons. The average molecular weight is 754 g/mol. The Labute approximate surface area is 336 Å². The van der Waals surface area contributed by atoms with Crippen molar-refractivity contribution in [3.8, 4) is 0 Å². The lowest BCUT2D eigenvalue weighted by molar-refractivity contribution is -0.123. The smallest absolute Gasteiger partial charge is 0.220 e. The third-order valence-corrected chi connectivity index (χ3v) is 10.5. The Morgan fingerprint density at radius 3 is 1.15 bits per heavy atom. The van der Waals surface area contributed by atoms with Gasteiger partial charge in [0.05, 0.1) is 18.8 Å². The molecule has 0 aromatic rings. The van der Waals surface area contributed by atoms with Crippen molar-refractivity contribution in [1.29, 1.82) is 0 Å². The first-order valence-corrected chi connectivity index (χ1v) is 23.5. The van der Waals surface area contributed by atoms with E-state index in [0.717, 1.165) is 57.8 Å². The van der Waals surface area contributed by atoms with Gasteiger partial charge in [-0.25, -0.2) is 0 Å². The van der Waals surface area contributed by atoms with E-state index in [0.29, 0.717) is 12.8 Å². The first kappa shape index (κ1) is 52.1. The number of nitrogens with one attached hydrogen (secondary N) is 1. The number of unbranched alkanes of at least 4 members (excludes halogenated alkanes) is 25. The monoisotopic (exact) mass is 754 g/mol. The number of aliphatic hydroxyl groups is 2. The van der Waals surface area contributed by atoms with Gasteiger partial charge in [-0.3, -0.25) is 4.79 Å². The topological polar surface area (TPSA) is 69.6 Å². The van der Waals surface area contributed by atoms with E-state index in [-0.39, 0.29) is 12.5 Å². The van der Waals surface area contributed by atoms with Crippen LogP contribution in [0.4, 0.5) is 0 Å². The number of hydrogen-bond acceptors (Lipinski definition) is 3. The molecule has 0 radical (unpaired) electrons. The summed E-state index contributed by atoms with van der Waals surface area (Å²) < 4.78 is 0. The van der Waals surface area contributed by atoms with Crippen molar-refractivity contribution in [2.45, 2.75) is 244 Å². The summed E-state index contributed by atoms with van der Waals surface area (Å²) in [4.78, 5) is 12.4. The lowest BCUT2D eigenvalue weighted by atomic mass is 10.0. The van der Waals surface area contributed by atoms with E-state index in [1.165, 1.54) is 148 Å². The second-order valence-electron chi connectivity index (χ2n) is 15.8. The van der Waals surface area contributed by atoms with Gasteiger partial charge >= 0.3 is 0 Å². The van der Waals surface area contributed by atoms with Crippen molar-refractivity contribution in [2.24, 2.45) is 0 Å². The molecule has 0 aromatic carbocycles. The van der Waals surface area contributed by atoms with Gasteiger partial charge in [-0.2, -0.15) is 0 Å². The third kappa shape index (κ3) is 41.3. The largest absolute Gasteiger partial charge is 0.394 e. The van der Waals surface area contributed by atoms with Crippen molar-refractivity contribution < 1.29 is 15.0 Å². The SMILES string of the molecule is CC/C=C\C/C=C\C/C=C\C/C=C\C/C=C\CCCC(=O)NC(CO)C(O)CCCCCCCCCCCCCCCCCCCCCCCCCCC. The lowest BCUT2D eigenvalue weighted by Gasteiger charge is -2.22. The number of carbonyl (C=O) groups excluding carboxylic acids is 1. The Balaban J connectivity index is 3.55. The normalized spacial score (nSPS) is 13.5. The molecule has 0 bridgehead atoms. The van der Waals surface area contributed by atoms with Gasteiger partial charge in [0.2, 0.25) is 5.91 Å². The zero-order valence-corrected chi connectivity index (χ0v) is 36.0. The van der Waals surface area contributed by atoms with Crippen LogP contribution in [0.3, 0.4) is 0 Å². The van der Waals surface area contributed by atoms with Crippen LogP contribution < -0.4 is 5.32 Å². The maximum absolute atomic E-state index is 12.4. The van der Waals surface area contributed by atoms with Crippen molar-refractivity contribution in [1.82, 2.24) is 5.32 Å². The molecule has 0 spiro atoms. The summed E-state index contributed by atoms with van der Waals surface area (Å²) in [5.41, 5.74) is 0. The molecule has 2 unspecified atom stereocenters. The highest BCUT2D eigenvalue weighted by molar-refractivity contribution is 5.76. The van der Waals surface area contributed by atoms with Gasteiger partial charge in [0, 0.05) is 6.42 Å². The molecule has 0 aromatic heterocycles. The first-order chi connectivity index (χ1) is 26.7. The zero-order chi connectivity index (χ0) is 39.3. The Kier molecular flexibility index (Phi) is 43.9. The van der Waals surface area contributed by atoms with Gasteiger partial charge in [0.15, 0.2) is 0 Å². The molecule has 54 heavy (non-hydrogen) atoms. The summed E-state index contributed by atoms with van der Waals surface area (Å²) in [6, 6.07) is -0.569. The molecule has 4 heteroatoms. The summed E-state index contributed by atoms with van der Waals surface area (Å²) in [5, 5.41) is 23.2. The van der Waals surface area contributed by atoms with E-state index >= 15 is 0 Å². The van der Waals surface area contributed by atoms with Crippen LogP contribution in [0.25, 0.3) is 0 Å². The highest BCUT2D eigenvalue weighted by atomic mass is 16.3. The highest BCUT2D eigenvalue weighted by Gasteiger charge is 2.19. The van der Waals surface area contributed by atoms with Crippen molar-refractivity contribution in [3.05, 3.63) is 60.8 Å². The Hall–Kier alpha value is -1.91. The molecule has 0 fully saturated rings. The predicted molar refractivity (Wildman–Crippen MR) is 239 cm³/mol. The zero-order valence-electron chi connectivity index (χ0n) is 36.0. The van der Waals surface area contributed by atoms with E-state index in [2.05, 4.69) is 79.9 Å². The first-order valence-electron chi connectivity index (χ1n) is 23.5. The fourth-order valence-electron chi connectivity index (χ4n) is 6.99. The number of aliphatic hydroxyl groups excluding tert-OH is 2. The van der Waals surface area contributed by atoms with E-state index in [4.69, 9.17) is 0 Å². The molecule has 0 heterocycles. The fourth-order valence-corrected chi connectivity index (χ4v) is 6.99. The maximum atomic E-state index is 12.4. The van der Waals surface area contributed by atoms with Gasteiger partial charge in [0.25, 0.3) is 0 Å². The van der Waals surface area contributed by atoms with Crippen molar-refractivity contribution in [2.75, 3.05) is 6.61 Å². The van der Waals surface area contributed by atoms with Gasteiger partial charge in [-0.1, -0.05) is 235 Å². The minimum atomic E-state index is -0.686. The van der Waals surface area contributed by atoms with E-state index < -0.39 is 12.1 Å². The second kappa shape index (κ2) is 45.5. The fraction of sp³-hybridized carbons (Fsp3) is 0.780. The van der Waals surface area contributed by atoms with E-state index in [9.17, 15) is 15.0 Å². The van der Waals surface area contributed by atoms with Gasteiger partial charge < -0.3 is 15.5 Å². The standard InChI is InChI=1S/C50H91NO3/c1-3-5-7-9-11-13-15-17-19-21-22-23-24-25-26-27-28-30-31-33-35-37-39-41-43-45-49(53)48(47-52)51-50(54)46-44-42-40-38-36-34-32-29-20-18-16-14-12-10-8-6-4-2/h6,8,12,14,18,20,32,34,38,40,48-49,52-53H,3-5,7,9-11,13,15-17,19,21-31,33,35-37,39,41-47H2,1-2H3,(H,51,54)/b8-6-,14-12-,20-18-,34-32-,40-38-. The third-order valence-electron chi connectivity index (χ3n) is 10.5. The molecule has 0 aliphatic heterocycles. The molecular formula is C50H91NO3. The van der Waals surface area contributed by atoms with Crippen molar-refractivity contribution in [3.63, 3.8) is 0 Å². The molecule has 0 aliphatic carbocycles. The number of amides is 1. The van der Waals surface area contributed by atoms with Crippen LogP contribution in [-0.2, 0) is 4.79 Å². The van der Waals surface area contributed by atoms with Crippen LogP contribution >= 0.6 is 0 Å². The summed E-state index contributed by atoms with van der Waals surface area (Å²) in [5.74, 6) is -0.0877. The Morgan fingerprint density at radius 2 is 0.796 bits per heavy atom. The van der Waals surface area contributed by atoms with Gasteiger partial charge in [0.1, 0.15) is 0 Å². The van der Waals surface area contributed by atoms with E-state index in [1.807, 2.05) is 0 Å². The molecular weight excluding hydrogens is 663 g/mol. The molecule has 0 saturated heterocycles. The molecule has 2 atom stereocenters. The molecule has 0 aliphatic rings. The summed E-state index contributed by atoms with van der Waals surface area (Å²) in [6.45, 7) is 4.23. The quantitative estimate of drug-likeness (QED) is 0.0429. The second-order valence-corrected chi connectivity index (χ2v) is 15.8. The van der Waals surface area contributed by atoms with Crippen LogP contribution in [-0.4, -0.2) is 34.9 Å². The lowest BCUT2D eigenvalue weighted by Crippen LogP contribution is -2.45. The summed E-state index contributed by atoms with van der Waals surface area (Å²) in [7, 11) is 0. The van der Waals surface area contributed by atoms with E-state index in [1.54, 1.807) is 0 Å². The number of rotatable bonds is 42. The minimum absolute atomic E-state index is 0.0877. The average Bonchev–Trinajstić information content (AvgIpc) is 3.18. The van der Waals surface area contributed by atoms with Crippen LogP contribution in [0, 0.1) is 0 Å². The number of allylic oxidation sites excluding steroid dienone is 10. The molecule has 1 amide bonds. The van der Waals surface area contributed by atoms with Crippen molar-refractivity contribution >= 4 is 5.91 Å². The van der Waals surface area contributed by atoms with Gasteiger partial charge in [-0.15, -0.1) is 0 Å². The Morgan fingerprint density at radius 1 is 0.463 bits per heavy atom.